The van der Waals surface area contributed by atoms with Crippen molar-refractivity contribution in [3.63, 3.8) is 0 Å². The van der Waals surface area contributed by atoms with E-state index in [0.717, 1.165) is 15.9 Å². The summed E-state index contributed by atoms with van der Waals surface area (Å²) >= 11 is 4.85. The first-order valence-corrected chi connectivity index (χ1v) is 7.92. The monoisotopic (exact) mass is 330 g/mol. The SMILES string of the molecule is CC1(C)CCCNC1CNC(=O)c1sccc1Br. The van der Waals surface area contributed by atoms with Crippen LogP contribution in [0, 0.1) is 5.41 Å². The van der Waals surface area contributed by atoms with Crippen LogP contribution in [-0.4, -0.2) is 25.0 Å². The van der Waals surface area contributed by atoms with Crippen LogP contribution in [0.25, 0.3) is 0 Å². The quantitative estimate of drug-likeness (QED) is 0.894. The van der Waals surface area contributed by atoms with E-state index >= 15 is 0 Å². The average molecular weight is 331 g/mol. The molecule has 1 aliphatic heterocycles. The minimum Gasteiger partial charge on any atom is -0.350 e. The Bertz CT molecular complexity index is 430. The van der Waals surface area contributed by atoms with E-state index in [9.17, 15) is 4.79 Å². The first-order valence-electron chi connectivity index (χ1n) is 6.25. The molecular formula is C13H19BrN2OS. The standard InChI is InChI=1S/C13H19BrN2OS/c1-13(2)5-3-6-15-10(13)8-16-12(17)11-9(14)4-7-18-11/h4,7,10,15H,3,5-6,8H2,1-2H3,(H,16,17). The molecule has 0 aromatic carbocycles. The number of carbonyl (C=O) groups is 1. The summed E-state index contributed by atoms with van der Waals surface area (Å²) in [4.78, 5) is 12.8. The van der Waals surface area contributed by atoms with Gasteiger partial charge in [0, 0.05) is 17.1 Å². The molecule has 1 saturated heterocycles. The molecule has 2 heterocycles. The molecule has 2 N–H and O–H groups in total. The lowest BCUT2D eigenvalue weighted by Gasteiger charge is -2.39. The molecule has 1 aliphatic rings. The van der Waals surface area contributed by atoms with Crippen molar-refractivity contribution in [1.82, 2.24) is 10.6 Å². The molecule has 1 aromatic heterocycles. The Kier molecular flexibility index (Phi) is 4.45. The van der Waals surface area contributed by atoms with Crippen LogP contribution < -0.4 is 10.6 Å². The zero-order valence-electron chi connectivity index (χ0n) is 10.8. The number of halogens is 1. The van der Waals surface area contributed by atoms with Crippen molar-refractivity contribution in [2.75, 3.05) is 13.1 Å². The van der Waals surface area contributed by atoms with E-state index in [2.05, 4.69) is 40.4 Å². The van der Waals surface area contributed by atoms with Crippen molar-refractivity contribution in [3.8, 4) is 0 Å². The maximum atomic E-state index is 12.0. The van der Waals surface area contributed by atoms with E-state index in [1.165, 1.54) is 24.2 Å². The Labute approximate surface area is 120 Å². The summed E-state index contributed by atoms with van der Waals surface area (Å²) in [5, 5.41) is 8.45. The van der Waals surface area contributed by atoms with Crippen molar-refractivity contribution in [2.45, 2.75) is 32.7 Å². The molecule has 100 valence electrons. The normalized spacial score (nSPS) is 22.7. The lowest BCUT2D eigenvalue weighted by atomic mass is 9.77. The molecule has 5 heteroatoms. The number of carbonyl (C=O) groups excluding carboxylic acids is 1. The molecule has 0 spiro atoms. The summed E-state index contributed by atoms with van der Waals surface area (Å²) in [6.45, 7) is 6.26. The minimum atomic E-state index is 0.0139. The van der Waals surface area contributed by atoms with Crippen LogP contribution in [0.1, 0.15) is 36.4 Å². The fourth-order valence-corrected chi connectivity index (χ4v) is 3.82. The molecular weight excluding hydrogens is 312 g/mol. The van der Waals surface area contributed by atoms with Gasteiger partial charge in [0.1, 0.15) is 4.88 Å². The van der Waals surface area contributed by atoms with Crippen LogP contribution in [0.5, 0.6) is 0 Å². The summed E-state index contributed by atoms with van der Waals surface area (Å²) in [6, 6.07) is 2.26. The van der Waals surface area contributed by atoms with E-state index in [1.54, 1.807) is 0 Å². The number of nitrogens with one attached hydrogen (secondary N) is 2. The number of hydrogen-bond donors (Lipinski definition) is 2. The topological polar surface area (TPSA) is 41.1 Å². The van der Waals surface area contributed by atoms with Gasteiger partial charge >= 0.3 is 0 Å². The highest BCUT2D eigenvalue weighted by atomic mass is 79.9. The Balaban J connectivity index is 1.91. The van der Waals surface area contributed by atoms with E-state index in [-0.39, 0.29) is 11.3 Å². The van der Waals surface area contributed by atoms with Crippen molar-refractivity contribution in [3.05, 3.63) is 20.8 Å². The third-order valence-corrected chi connectivity index (χ3v) is 5.46. The lowest BCUT2D eigenvalue weighted by Crippen LogP contribution is -2.52. The van der Waals surface area contributed by atoms with Gasteiger partial charge in [0.25, 0.3) is 5.91 Å². The molecule has 1 unspecified atom stereocenters. The molecule has 1 aromatic rings. The predicted octanol–water partition coefficient (Wildman–Crippen LogP) is 3.02. The van der Waals surface area contributed by atoms with Crippen molar-refractivity contribution in [2.24, 2.45) is 5.41 Å². The first-order chi connectivity index (χ1) is 8.50. The van der Waals surface area contributed by atoms with E-state index in [1.807, 2.05) is 11.4 Å². The summed E-state index contributed by atoms with van der Waals surface area (Å²) in [6.07, 6.45) is 2.43. The second-order valence-corrected chi connectivity index (χ2v) is 7.18. The Hall–Kier alpha value is -0.390. The van der Waals surface area contributed by atoms with E-state index < -0.39 is 0 Å². The zero-order chi connectivity index (χ0) is 13.2. The molecule has 0 bridgehead atoms. The van der Waals surface area contributed by atoms with Crippen LogP contribution in [0.2, 0.25) is 0 Å². The highest BCUT2D eigenvalue weighted by Crippen LogP contribution is 2.29. The first kappa shape index (κ1) is 14.0. The second-order valence-electron chi connectivity index (χ2n) is 5.41. The van der Waals surface area contributed by atoms with Crippen LogP contribution in [0.3, 0.4) is 0 Å². The summed E-state index contributed by atoms with van der Waals surface area (Å²) in [7, 11) is 0. The maximum absolute atomic E-state index is 12.0. The van der Waals surface area contributed by atoms with E-state index in [4.69, 9.17) is 0 Å². The molecule has 0 radical (unpaired) electrons. The zero-order valence-corrected chi connectivity index (χ0v) is 13.2. The molecule has 0 saturated carbocycles. The number of amides is 1. The van der Waals surface area contributed by atoms with Gasteiger partial charge in [0.15, 0.2) is 0 Å². The van der Waals surface area contributed by atoms with Gasteiger partial charge in [0.2, 0.25) is 0 Å². The number of hydrogen-bond acceptors (Lipinski definition) is 3. The summed E-state index contributed by atoms with van der Waals surface area (Å²) < 4.78 is 0.876. The molecule has 1 atom stereocenters. The van der Waals surface area contributed by atoms with Crippen LogP contribution in [-0.2, 0) is 0 Å². The summed E-state index contributed by atoms with van der Waals surface area (Å²) in [5.41, 5.74) is 0.248. The average Bonchev–Trinajstić information content (AvgIpc) is 2.73. The van der Waals surface area contributed by atoms with Crippen molar-refractivity contribution in [1.29, 1.82) is 0 Å². The smallest absolute Gasteiger partial charge is 0.262 e. The minimum absolute atomic E-state index is 0.0139. The third-order valence-electron chi connectivity index (χ3n) is 3.62. The molecule has 1 amide bonds. The molecule has 0 aliphatic carbocycles. The van der Waals surface area contributed by atoms with Gasteiger partial charge in [-0.3, -0.25) is 4.79 Å². The Morgan fingerprint density at radius 1 is 1.67 bits per heavy atom. The highest BCUT2D eigenvalue weighted by Gasteiger charge is 2.32. The van der Waals surface area contributed by atoms with Gasteiger partial charge in [-0.2, -0.15) is 0 Å². The Morgan fingerprint density at radius 2 is 2.44 bits per heavy atom. The largest absolute Gasteiger partial charge is 0.350 e. The molecule has 1 fully saturated rings. The Morgan fingerprint density at radius 3 is 3.06 bits per heavy atom. The van der Waals surface area contributed by atoms with E-state index in [0.29, 0.717) is 12.6 Å². The molecule has 18 heavy (non-hydrogen) atoms. The van der Waals surface area contributed by atoms with Gasteiger partial charge in [-0.1, -0.05) is 13.8 Å². The van der Waals surface area contributed by atoms with Gasteiger partial charge in [-0.05, 0) is 52.2 Å². The maximum Gasteiger partial charge on any atom is 0.262 e. The number of thiophene rings is 1. The fraction of sp³-hybridized carbons (Fsp3) is 0.615. The van der Waals surface area contributed by atoms with Gasteiger partial charge in [-0.25, -0.2) is 0 Å². The van der Waals surface area contributed by atoms with Crippen LogP contribution in [0.4, 0.5) is 0 Å². The van der Waals surface area contributed by atoms with Crippen molar-refractivity contribution >= 4 is 33.2 Å². The highest BCUT2D eigenvalue weighted by molar-refractivity contribution is 9.10. The number of rotatable bonds is 3. The summed E-state index contributed by atoms with van der Waals surface area (Å²) in [5.74, 6) is 0.0139. The fourth-order valence-electron chi connectivity index (χ4n) is 2.35. The lowest BCUT2D eigenvalue weighted by molar-refractivity contribution is 0.0932. The predicted molar refractivity (Wildman–Crippen MR) is 79.2 cm³/mol. The van der Waals surface area contributed by atoms with Crippen LogP contribution >= 0.6 is 27.3 Å². The molecule has 3 nitrogen and oxygen atoms in total. The van der Waals surface area contributed by atoms with Crippen LogP contribution in [0.15, 0.2) is 15.9 Å². The second kappa shape index (κ2) is 5.72. The van der Waals surface area contributed by atoms with Gasteiger partial charge in [0.05, 0.1) is 0 Å². The van der Waals surface area contributed by atoms with Crippen molar-refractivity contribution < 1.29 is 4.79 Å². The number of piperidine rings is 1. The van der Waals surface area contributed by atoms with Gasteiger partial charge in [-0.15, -0.1) is 11.3 Å². The molecule has 2 rings (SSSR count). The van der Waals surface area contributed by atoms with Gasteiger partial charge < -0.3 is 10.6 Å². The third kappa shape index (κ3) is 3.13.